The minimum absolute atomic E-state index is 0.0584. The van der Waals surface area contributed by atoms with Crippen molar-refractivity contribution in [3.8, 4) is 0 Å². The Bertz CT molecular complexity index is 839. The summed E-state index contributed by atoms with van der Waals surface area (Å²) >= 11 is 6.49. The summed E-state index contributed by atoms with van der Waals surface area (Å²) in [5.41, 5.74) is 3.95. The molecule has 4 rings (SSSR count). The SMILES string of the molecule is CCOC1CCCN1Nc1ncnc2c1ncn2[C@]1(Cl)O[C@H](CO)[C@@H](O)[C@H]1O. The molecule has 2 aliphatic rings. The van der Waals surface area contributed by atoms with Crippen LogP contribution in [0.5, 0.6) is 0 Å². The maximum absolute atomic E-state index is 10.4. The number of nitrogens with one attached hydrogen (secondary N) is 1. The molecule has 12 heteroatoms. The number of hydrazine groups is 1. The van der Waals surface area contributed by atoms with Crippen LogP contribution in [0.1, 0.15) is 19.8 Å². The van der Waals surface area contributed by atoms with Gasteiger partial charge in [-0.1, -0.05) is 11.6 Å². The normalized spacial score (nSPS) is 33.8. The lowest BCUT2D eigenvalue weighted by Crippen LogP contribution is -2.41. The first kappa shape index (κ1) is 19.7. The van der Waals surface area contributed by atoms with Gasteiger partial charge in [0.05, 0.1) is 6.61 Å². The Labute approximate surface area is 165 Å². The summed E-state index contributed by atoms with van der Waals surface area (Å²) in [5.74, 6) is 0.461. The van der Waals surface area contributed by atoms with E-state index >= 15 is 0 Å². The molecule has 11 nitrogen and oxygen atoms in total. The second-order valence-corrected chi connectivity index (χ2v) is 7.29. The van der Waals surface area contributed by atoms with Crippen LogP contribution >= 0.6 is 11.6 Å². The lowest BCUT2D eigenvalue weighted by Gasteiger charge is -2.27. The molecule has 154 valence electrons. The van der Waals surface area contributed by atoms with Gasteiger partial charge in [0.1, 0.15) is 37.2 Å². The lowest BCUT2D eigenvalue weighted by molar-refractivity contribution is -0.0838. The van der Waals surface area contributed by atoms with Crippen molar-refractivity contribution < 1.29 is 24.8 Å². The molecule has 1 unspecified atom stereocenters. The molecule has 4 N–H and O–H groups in total. The number of aliphatic hydroxyl groups excluding tert-OH is 3. The van der Waals surface area contributed by atoms with E-state index < -0.39 is 30.1 Å². The predicted octanol–water partition coefficient (Wildman–Crippen LogP) is -0.426. The van der Waals surface area contributed by atoms with E-state index in [0.717, 1.165) is 19.4 Å². The molecule has 0 amide bonds. The molecule has 2 aromatic heterocycles. The molecule has 0 aromatic carbocycles. The van der Waals surface area contributed by atoms with Gasteiger partial charge in [-0.3, -0.25) is 9.99 Å². The maximum Gasteiger partial charge on any atom is 0.255 e. The van der Waals surface area contributed by atoms with Gasteiger partial charge < -0.3 is 24.8 Å². The second kappa shape index (κ2) is 7.67. The Morgan fingerprint density at radius 1 is 1.39 bits per heavy atom. The third-order valence-corrected chi connectivity index (χ3v) is 5.53. The smallest absolute Gasteiger partial charge is 0.255 e. The van der Waals surface area contributed by atoms with E-state index in [-0.39, 0.29) is 6.23 Å². The molecule has 4 heterocycles. The second-order valence-electron chi connectivity index (χ2n) is 6.75. The number of hydrogen-bond acceptors (Lipinski definition) is 10. The molecule has 0 saturated carbocycles. The number of hydrogen-bond donors (Lipinski definition) is 4. The van der Waals surface area contributed by atoms with E-state index in [4.69, 9.17) is 21.1 Å². The molecular formula is C16H23ClN6O5. The van der Waals surface area contributed by atoms with Gasteiger partial charge in [-0.25, -0.2) is 15.0 Å². The van der Waals surface area contributed by atoms with Crippen LogP contribution in [-0.2, 0) is 14.7 Å². The number of fused-ring (bicyclic) bond motifs is 1. The number of ether oxygens (including phenoxy) is 2. The van der Waals surface area contributed by atoms with E-state index in [9.17, 15) is 15.3 Å². The highest BCUT2D eigenvalue weighted by Gasteiger charge is 2.55. The fraction of sp³-hybridized carbons (Fsp3) is 0.688. The van der Waals surface area contributed by atoms with Crippen LogP contribution in [0, 0.1) is 0 Å². The summed E-state index contributed by atoms with van der Waals surface area (Å²) in [6.07, 6.45) is 0.679. The van der Waals surface area contributed by atoms with Gasteiger partial charge >= 0.3 is 0 Å². The largest absolute Gasteiger partial charge is 0.394 e. The van der Waals surface area contributed by atoms with Crippen molar-refractivity contribution in [1.29, 1.82) is 0 Å². The van der Waals surface area contributed by atoms with Crippen molar-refractivity contribution in [2.75, 3.05) is 25.2 Å². The van der Waals surface area contributed by atoms with Crippen LogP contribution in [0.25, 0.3) is 11.2 Å². The Hall–Kier alpha value is -1.60. The summed E-state index contributed by atoms with van der Waals surface area (Å²) in [6, 6.07) is 0. The number of aliphatic hydroxyl groups is 3. The van der Waals surface area contributed by atoms with Gasteiger partial charge in [0.25, 0.3) is 5.18 Å². The first-order valence-corrected chi connectivity index (χ1v) is 9.54. The number of anilines is 1. The van der Waals surface area contributed by atoms with Gasteiger partial charge in [0.2, 0.25) is 0 Å². The molecule has 0 bridgehead atoms. The van der Waals surface area contributed by atoms with Gasteiger partial charge in [-0.15, -0.1) is 0 Å². The molecule has 5 atom stereocenters. The Morgan fingerprint density at radius 2 is 2.21 bits per heavy atom. The van der Waals surface area contributed by atoms with E-state index in [1.165, 1.54) is 17.2 Å². The summed E-state index contributed by atoms with van der Waals surface area (Å²) in [7, 11) is 0. The van der Waals surface area contributed by atoms with Crippen LogP contribution in [0.3, 0.4) is 0 Å². The fourth-order valence-corrected chi connectivity index (χ4v) is 3.98. The summed E-state index contributed by atoms with van der Waals surface area (Å²) in [5, 5.41) is 29.9. The van der Waals surface area contributed by atoms with Gasteiger partial charge in [0.15, 0.2) is 17.0 Å². The fourth-order valence-electron chi connectivity index (χ4n) is 3.62. The standard InChI is InChI=1S/C16H23ClN6O5/c1-2-27-10-4-3-5-23(10)21-14-11-15(19-7-18-14)22(8-20-11)16(17)13(26)12(25)9(6-24)28-16/h7-10,12-13,24-26H,2-6H2,1H3,(H,18,19,21)/t9-,10?,12-,13-,16+/m1/s1. The van der Waals surface area contributed by atoms with Crippen LogP contribution in [-0.4, -0.2) is 84.1 Å². The van der Waals surface area contributed by atoms with Crippen molar-refractivity contribution in [2.24, 2.45) is 0 Å². The predicted molar refractivity (Wildman–Crippen MR) is 98.1 cm³/mol. The van der Waals surface area contributed by atoms with E-state index in [0.29, 0.717) is 23.6 Å². The highest BCUT2D eigenvalue weighted by molar-refractivity contribution is 6.22. The van der Waals surface area contributed by atoms with Crippen molar-refractivity contribution in [3.63, 3.8) is 0 Å². The quantitative estimate of drug-likeness (QED) is 0.461. The lowest BCUT2D eigenvalue weighted by atomic mass is 10.1. The average molecular weight is 415 g/mol. The summed E-state index contributed by atoms with van der Waals surface area (Å²) in [4.78, 5) is 12.8. The van der Waals surface area contributed by atoms with E-state index in [1.54, 1.807) is 0 Å². The first-order chi connectivity index (χ1) is 13.5. The summed E-state index contributed by atoms with van der Waals surface area (Å²) < 4.78 is 12.6. The maximum atomic E-state index is 10.4. The molecule has 2 saturated heterocycles. The number of aromatic nitrogens is 4. The van der Waals surface area contributed by atoms with Gasteiger partial charge in [0, 0.05) is 13.2 Å². The minimum atomic E-state index is -1.85. The average Bonchev–Trinajstić information content (AvgIpc) is 3.37. The van der Waals surface area contributed by atoms with Crippen molar-refractivity contribution >= 4 is 28.6 Å². The molecule has 2 aliphatic heterocycles. The zero-order chi connectivity index (χ0) is 19.9. The molecule has 2 aromatic rings. The molecule has 0 aliphatic carbocycles. The van der Waals surface area contributed by atoms with E-state index in [2.05, 4.69) is 20.4 Å². The topological polar surface area (TPSA) is 138 Å². The summed E-state index contributed by atoms with van der Waals surface area (Å²) in [6.45, 7) is 2.86. The minimum Gasteiger partial charge on any atom is -0.394 e. The van der Waals surface area contributed by atoms with Gasteiger partial charge in [-0.2, -0.15) is 5.01 Å². The number of imidazole rings is 1. The molecule has 0 radical (unpaired) electrons. The third kappa shape index (κ3) is 3.12. The zero-order valence-electron chi connectivity index (χ0n) is 15.3. The first-order valence-electron chi connectivity index (χ1n) is 9.16. The van der Waals surface area contributed by atoms with Crippen molar-refractivity contribution in [1.82, 2.24) is 24.5 Å². The van der Waals surface area contributed by atoms with Crippen molar-refractivity contribution in [2.45, 2.75) is 49.5 Å². The highest BCUT2D eigenvalue weighted by Crippen LogP contribution is 2.41. The molecular weight excluding hydrogens is 392 g/mol. The highest BCUT2D eigenvalue weighted by atomic mass is 35.5. The van der Waals surface area contributed by atoms with Crippen LogP contribution < -0.4 is 5.43 Å². The molecule has 2 fully saturated rings. The van der Waals surface area contributed by atoms with E-state index in [1.807, 2.05) is 11.9 Å². The van der Waals surface area contributed by atoms with Crippen LogP contribution in [0.15, 0.2) is 12.7 Å². The number of halogens is 1. The number of rotatable bonds is 6. The van der Waals surface area contributed by atoms with Gasteiger partial charge in [-0.05, 0) is 19.8 Å². The molecule has 0 spiro atoms. The van der Waals surface area contributed by atoms with Crippen LogP contribution in [0.4, 0.5) is 5.82 Å². The Kier molecular flexibility index (Phi) is 5.40. The zero-order valence-corrected chi connectivity index (χ0v) is 16.0. The number of nitrogens with zero attached hydrogens (tertiary/aromatic N) is 5. The Morgan fingerprint density at radius 3 is 2.93 bits per heavy atom. The Balaban J connectivity index is 1.66. The number of alkyl halides is 1. The monoisotopic (exact) mass is 414 g/mol. The molecule has 28 heavy (non-hydrogen) atoms. The van der Waals surface area contributed by atoms with Crippen molar-refractivity contribution in [3.05, 3.63) is 12.7 Å². The van der Waals surface area contributed by atoms with Crippen LogP contribution in [0.2, 0.25) is 0 Å². The third-order valence-electron chi connectivity index (χ3n) is 5.03.